The first kappa shape index (κ1) is 15.6. The summed E-state index contributed by atoms with van der Waals surface area (Å²) < 4.78 is 0. The smallest absolute Gasteiger partial charge is 0.108 e. The standard InChI is InChI=1S/C14H26O4S/c1-14(2)6-4-3-5-8(14)13-12(18)11(17)10(16)9(7-15)19-13/h8-13,15-18H,3-7H2,1-2H3/t8?,9-,10+,11+,12-,13+/m1/s1. The van der Waals surface area contributed by atoms with Gasteiger partial charge in [0.25, 0.3) is 0 Å². The molecule has 0 aromatic carbocycles. The average molecular weight is 290 g/mol. The largest absolute Gasteiger partial charge is 0.395 e. The molecule has 1 aliphatic heterocycles. The molecule has 1 aliphatic carbocycles. The van der Waals surface area contributed by atoms with Crippen LogP contribution >= 0.6 is 11.8 Å². The minimum atomic E-state index is -1.15. The van der Waals surface area contributed by atoms with Gasteiger partial charge in [-0.15, -0.1) is 11.8 Å². The van der Waals surface area contributed by atoms with Gasteiger partial charge in [-0.05, 0) is 24.2 Å². The van der Waals surface area contributed by atoms with Gasteiger partial charge in [-0.25, -0.2) is 0 Å². The zero-order valence-electron chi connectivity index (χ0n) is 11.7. The summed E-state index contributed by atoms with van der Waals surface area (Å²) in [5.41, 5.74) is 0.138. The quantitative estimate of drug-likeness (QED) is 0.604. The summed E-state index contributed by atoms with van der Waals surface area (Å²) in [6.07, 6.45) is 1.43. The molecule has 19 heavy (non-hydrogen) atoms. The number of hydrogen-bond donors (Lipinski definition) is 4. The van der Waals surface area contributed by atoms with Gasteiger partial charge >= 0.3 is 0 Å². The molecule has 0 amide bonds. The molecule has 2 fully saturated rings. The molecular formula is C14H26O4S. The second kappa shape index (κ2) is 5.90. The van der Waals surface area contributed by atoms with E-state index in [4.69, 9.17) is 0 Å². The molecule has 112 valence electrons. The van der Waals surface area contributed by atoms with Crippen LogP contribution in [-0.4, -0.2) is 55.8 Å². The summed E-state index contributed by atoms with van der Waals surface area (Å²) in [4.78, 5) is 0. The Bertz CT molecular complexity index is 308. The lowest BCUT2D eigenvalue weighted by Crippen LogP contribution is -2.57. The van der Waals surface area contributed by atoms with Crippen LogP contribution in [0.2, 0.25) is 0 Å². The maximum Gasteiger partial charge on any atom is 0.108 e. The fourth-order valence-corrected chi connectivity index (χ4v) is 5.42. The molecule has 1 unspecified atom stereocenters. The predicted molar refractivity (Wildman–Crippen MR) is 76.0 cm³/mol. The van der Waals surface area contributed by atoms with Gasteiger partial charge in [0.2, 0.25) is 0 Å². The predicted octanol–water partition coefficient (Wildman–Crippen LogP) is 0.762. The summed E-state index contributed by atoms with van der Waals surface area (Å²) in [5.74, 6) is 0.317. The van der Waals surface area contributed by atoms with E-state index >= 15 is 0 Å². The third-order valence-corrected chi connectivity index (χ3v) is 6.61. The van der Waals surface area contributed by atoms with Crippen LogP contribution in [0.4, 0.5) is 0 Å². The van der Waals surface area contributed by atoms with Crippen LogP contribution in [0.15, 0.2) is 0 Å². The Kier molecular flexibility index (Phi) is 4.83. The van der Waals surface area contributed by atoms with E-state index in [-0.39, 0.29) is 17.3 Å². The maximum absolute atomic E-state index is 10.3. The van der Waals surface area contributed by atoms with Crippen molar-refractivity contribution in [3.8, 4) is 0 Å². The van der Waals surface area contributed by atoms with Gasteiger partial charge in [-0.3, -0.25) is 0 Å². The van der Waals surface area contributed by atoms with E-state index in [1.807, 2.05) is 0 Å². The SMILES string of the molecule is CC1(C)CCCCC1[C@@H]1S[C@H](CO)[C@H](O)[C@H](O)[C@H]1O. The molecule has 4 nitrogen and oxygen atoms in total. The monoisotopic (exact) mass is 290 g/mol. The third kappa shape index (κ3) is 2.95. The molecule has 2 aliphatic rings. The van der Waals surface area contributed by atoms with Crippen molar-refractivity contribution in [1.82, 2.24) is 0 Å². The van der Waals surface area contributed by atoms with Crippen molar-refractivity contribution < 1.29 is 20.4 Å². The Morgan fingerprint density at radius 2 is 1.74 bits per heavy atom. The highest BCUT2D eigenvalue weighted by atomic mass is 32.2. The summed E-state index contributed by atoms with van der Waals surface area (Å²) in [6.45, 7) is 4.27. The molecule has 2 rings (SSSR count). The van der Waals surface area contributed by atoms with Crippen LogP contribution in [-0.2, 0) is 0 Å². The molecule has 0 aromatic rings. The number of thioether (sulfide) groups is 1. The maximum atomic E-state index is 10.3. The van der Waals surface area contributed by atoms with Gasteiger partial charge in [-0.1, -0.05) is 26.7 Å². The van der Waals surface area contributed by atoms with E-state index in [1.54, 1.807) is 0 Å². The van der Waals surface area contributed by atoms with E-state index in [1.165, 1.54) is 18.2 Å². The molecule has 0 spiro atoms. The van der Waals surface area contributed by atoms with Gasteiger partial charge in [0.1, 0.15) is 6.10 Å². The van der Waals surface area contributed by atoms with E-state index in [9.17, 15) is 20.4 Å². The number of aliphatic hydroxyl groups is 4. The number of hydrogen-bond acceptors (Lipinski definition) is 5. The Morgan fingerprint density at radius 1 is 1.05 bits per heavy atom. The summed E-state index contributed by atoms with van der Waals surface area (Å²) in [7, 11) is 0. The Labute approximate surface area is 119 Å². The Hall–Kier alpha value is 0.190. The third-order valence-electron chi connectivity index (χ3n) is 4.92. The lowest BCUT2D eigenvalue weighted by atomic mass is 9.66. The first-order chi connectivity index (χ1) is 8.88. The van der Waals surface area contributed by atoms with Gasteiger partial charge in [0.05, 0.1) is 24.1 Å². The lowest BCUT2D eigenvalue weighted by Gasteiger charge is -2.49. The molecule has 1 heterocycles. The van der Waals surface area contributed by atoms with Gasteiger partial charge in [0, 0.05) is 5.25 Å². The summed E-state index contributed by atoms with van der Waals surface area (Å²) in [5, 5.41) is 39.0. The van der Waals surface area contributed by atoms with E-state index in [0.717, 1.165) is 19.3 Å². The molecule has 0 radical (unpaired) electrons. The number of rotatable bonds is 2. The van der Waals surface area contributed by atoms with Crippen LogP contribution in [0.25, 0.3) is 0 Å². The second-order valence-corrected chi connectivity index (χ2v) is 8.06. The molecule has 4 N–H and O–H groups in total. The van der Waals surface area contributed by atoms with Crippen molar-refractivity contribution in [1.29, 1.82) is 0 Å². The molecule has 5 heteroatoms. The highest BCUT2D eigenvalue weighted by Crippen LogP contribution is 2.49. The van der Waals surface area contributed by atoms with Crippen LogP contribution in [0.5, 0.6) is 0 Å². The molecule has 0 bridgehead atoms. The zero-order valence-corrected chi connectivity index (χ0v) is 12.5. The van der Waals surface area contributed by atoms with Crippen molar-refractivity contribution in [2.24, 2.45) is 11.3 Å². The van der Waals surface area contributed by atoms with Crippen LogP contribution in [0, 0.1) is 11.3 Å². The summed E-state index contributed by atoms with van der Waals surface area (Å²) in [6, 6.07) is 0. The van der Waals surface area contributed by atoms with Crippen LogP contribution in [0.3, 0.4) is 0 Å². The topological polar surface area (TPSA) is 80.9 Å². The highest BCUT2D eigenvalue weighted by Gasteiger charge is 2.49. The Morgan fingerprint density at radius 3 is 2.32 bits per heavy atom. The van der Waals surface area contributed by atoms with Crippen molar-refractivity contribution in [2.75, 3.05) is 6.61 Å². The van der Waals surface area contributed by atoms with E-state index in [2.05, 4.69) is 13.8 Å². The fourth-order valence-electron chi connectivity index (χ4n) is 3.59. The Balaban J connectivity index is 2.17. The highest BCUT2D eigenvalue weighted by molar-refractivity contribution is 8.00. The molecule has 0 aromatic heterocycles. The first-order valence-electron chi connectivity index (χ1n) is 7.19. The van der Waals surface area contributed by atoms with Crippen molar-refractivity contribution in [3.63, 3.8) is 0 Å². The van der Waals surface area contributed by atoms with Crippen molar-refractivity contribution in [3.05, 3.63) is 0 Å². The first-order valence-corrected chi connectivity index (χ1v) is 8.13. The average Bonchev–Trinajstić information content (AvgIpc) is 2.37. The van der Waals surface area contributed by atoms with Crippen molar-refractivity contribution >= 4 is 11.8 Å². The van der Waals surface area contributed by atoms with Gasteiger partial charge in [0.15, 0.2) is 0 Å². The second-order valence-electron chi connectivity index (χ2n) is 6.63. The molecular weight excluding hydrogens is 264 g/mol. The minimum Gasteiger partial charge on any atom is -0.395 e. The zero-order chi connectivity index (χ0) is 14.2. The molecule has 1 saturated carbocycles. The fraction of sp³-hybridized carbons (Fsp3) is 1.00. The van der Waals surface area contributed by atoms with Crippen LogP contribution in [0.1, 0.15) is 39.5 Å². The van der Waals surface area contributed by atoms with Gasteiger partial charge < -0.3 is 20.4 Å². The van der Waals surface area contributed by atoms with E-state index in [0.29, 0.717) is 5.92 Å². The molecule has 6 atom stereocenters. The lowest BCUT2D eigenvalue weighted by molar-refractivity contribution is -0.0826. The van der Waals surface area contributed by atoms with Gasteiger partial charge in [-0.2, -0.15) is 0 Å². The minimum absolute atomic E-state index is 0.106. The summed E-state index contributed by atoms with van der Waals surface area (Å²) >= 11 is 1.45. The number of aliphatic hydroxyl groups excluding tert-OH is 4. The molecule has 1 saturated heterocycles. The van der Waals surface area contributed by atoms with E-state index < -0.39 is 23.6 Å². The van der Waals surface area contributed by atoms with Crippen molar-refractivity contribution in [2.45, 2.75) is 68.3 Å². The normalized spacial score (nSPS) is 47.1. The van der Waals surface area contributed by atoms with Crippen LogP contribution < -0.4 is 0 Å².